The minimum Gasteiger partial charge on any atom is -0.377 e. The van der Waals surface area contributed by atoms with E-state index in [4.69, 9.17) is 23.2 Å². The zero-order chi connectivity index (χ0) is 28.6. The Balaban J connectivity index is 1.45. The van der Waals surface area contributed by atoms with E-state index >= 15 is 0 Å². The molecule has 1 fully saturated rings. The lowest BCUT2D eigenvalue weighted by atomic mass is 10.0. The van der Waals surface area contributed by atoms with Crippen LogP contribution < -0.4 is 21.6 Å². The molecule has 0 saturated heterocycles. The van der Waals surface area contributed by atoms with Crippen molar-refractivity contribution in [2.24, 2.45) is 0 Å². The summed E-state index contributed by atoms with van der Waals surface area (Å²) in [6, 6.07) is 18.3. The fraction of sp³-hybridized carbons (Fsp3) is 0.233. The number of nitrogens with one attached hydrogen (secondary N) is 4. The van der Waals surface area contributed by atoms with Gasteiger partial charge in [0.05, 0.1) is 40.9 Å². The zero-order valence-electron chi connectivity index (χ0n) is 22.7. The lowest BCUT2D eigenvalue weighted by Crippen LogP contribution is -2.38. The number of benzene rings is 2. The van der Waals surface area contributed by atoms with Crippen molar-refractivity contribution in [2.45, 2.75) is 44.3 Å². The first kappa shape index (κ1) is 25.0. The Morgan fingerprint density at radius 1 is 1.15 bits per heavy atom. The third kappa shape index (κ3) is 5.24. The second-order valence-corrected chi connectivity index (χ2v) is 10.6. The van der Waals surface area contributed by atoms with Gasteiger partial charge in [-0.1, -0.05) is 66.5 Å². The van der Waals surface area contributed by atoms with E-state index < -0.39 is 6.02 Å². The molecule has 3 heterocycles. The van der Waals surface area contributed by atoms with Gasteiger partial charge in [0, 0.05) is 41.3 Å². The quantitative estimate of drug-likeness (QED) is 0.162. The van der Waals surface area contributed by atoms with E-state index in [1.165, 1.54) is 6.20 Å². The van der Waals surface area contributed by atoms with Crippen LogP contribution in [0, 0.1) is 11.3 Å². The molecule has 1 aliphatic carbocycles. The molecule has 6 rings (SSSR count). The second kappa shape index (κ2) is 11.2. The molecule has 10 heteroatoms. The van der Waals surface area contributed by atoms with E-state index in [-0.39, 0.29) is 11.2 Å². The SMILES string of the molecule is [2H]C(Nc1cc(Cl)c2ncc(C#N)c(N[C@H](CC)c3ccccc3)c2c1)(C1=CN(C2CC2)NN1)c1cccnc1Cl. The van der Waals surface area contributed by atoms with Crippen molar-refractivity contribution in [1.29, 1.82) is 5.26 Å². The molecule has 1 saturated carbocycles. The lowest BCUT2D eigenvalue weighted by Gasteiger charge is -2.24. The highest BCUT2D eigenvalue weighted by molar-refractivity contribution is 6.36. The van der Waals surface area contributed by atoms with Crippen molar-refractivity contribution >= 4 is 45.5 Å². The minimum absolute atomic E-state index is 0.0407. The van der Waals surface area contributed by atoms with Crippen molar-refractivity contribution in [3.63, 3.8) is 0 Å². The Kier molecular flexibility index (Phi) is 7.01. The number of hydrogen-bond donors (Lipinski definition) is 4. The van der Waals surface area contributed by atoms with Gasteiger partial charge < -0.3 is 16.1 Å². The fourth-order valence-corrected chi connectivity index (χ4v) is 5.34. The maximum absolute atomic E-state index is 10.00. The normalized spacial score (nSPS) is 17.3. The average molecular weight is 573 g/mol. The summed E-state index contributed by atoms with van der Waals surface area (Å²) in [4.78, 5) is 8.74. The van der Waals surface area contributed by atoms with E-state index in [1.54, 1.807) is 24.4 Å². The number of hydrazine groups is 2. The topological polar surface area (TPSA) is 101 Å². The summed E-state index contributed by atoms with van der Waals surface area (Å²) in [5.41, 5.74) is 10.5. The van der Waals surface area contributed by atoms with Crippen LogP contribution in [-0.2, 0) is 0 Å². The van der Waals surface area contributed by atoms with Gasteiger partial charge >= 0.3 is 0 Å². The van der Waals surface area contributed by atoms with Gasteiger partial charge in [-0.25, -0.2) is 4.98 Å². The average Bonchev–Trinajstić information content (AvgIpc) is 3.71. The Morgan fingerprint density at radius 2 is 1.98 bits per heavy atom. The molecule has 2 aromatic heterocycles. The number of aromatic nitrogens is 2. The molecule has 1 aliphatic heterocycles. The largest absolute Gasteiger partial charge is 0.377 e. The van der Waals surface area contributed by atoms with Gasteiger partial charge in [-0.15, -0.1) is 5.53 Å². The molecule has 8 nitrogen and oxygen atoms in total. The summed E-state index contributed by atoms with van der Waals surface area (Å²) < 4.78 is 9.69. The number of fused-ring (bicyclic) bond motifs is 1. The molecule has 2 atom stereocenters. The van der Waals surface area contributed by atoms with Gasteiger partial charge in [-0.2, -0.15) is 5.26 Å². The Labute approximate surface area is 244 Å². The van der Waals surface area contributed by atoms with E-state index in [2.05, 4.69) is 56.7 Å². The van der Waals surface area contributed by atoms with E-state index in [9.17, 15) is 6.63 Å². The molecule has 202 valence electrons. The highest BCUT2D eigenvalue weighted by Gasteiger charge is 2.33. The van der Waals surface area contributed by atoms with Crippen molar-refractivity contribution in [1.82, 2.24) is 25.9 Å². The molecule has 4 N–H and O–H groups in total. The highest BCUT2D eigenvalue weighted by atomic mass is 35.5. The Bertz CT molecular complexity index is 1670. The molecule has 40 heavy (non-hydrogen) atoms. The summed E-state index contributed by atoms with van der Waals surface area (Å²) in [6.07, 6.45) is 7.97. The predicted octanol–water partition coefficient (Wildman–Crippen LogP) is 6.85. The minimum atomic E-state index is -1.55. The number of rotatable bonds is 9. The van der Waals surface area contributed by atoms with Crippen LogP contribution in [0.2, 0.25) is 10.2 Å². The van der Waals surface area contributed by atoms with Gasteiger partial charge in [0.25, 0.3) is 0 Å². The smallest absolute Gasteiger partial charge is 0.134 e. The molecule has 2 aromatic carbocycles. The van der Waals surface area contributed by atoms with Gasteiger partial charge in [0.15, 0.2) is 0 Å². The Hall–Kier alpha value is -4.03. The maximum atomic E-state index is 10.00. The van der Waals surface area contributed by atoms with E-state index in [0.29, 0.717) is 50.2 Å². The summed E-state index contributed by atoms with van der Waals surface area (Å²) in [5, 5.41) is 20.2. The van der Waals surface area contributed by atoms with Gasteiger partial charge in [0.2, 0.25) is 0 Å². The summed E-state index contributed by atoms with van der Waals surface area (Å²) in [5.74, 6) is 0. The molecule has 0 spiro atoms. The van der Waals surface area contributed by atoms with E-state index in [1.807, 2.05) is 35.5 Å². The number of anilines is 2. The predicted molar refractivity (Wildman–Crippen MR) is 159 cm³/mol. The highest BCUT2D eigenvalue weighted by Crippen LogP contribution is 2.38. The zero-order valence-corrected chi connectivity index (χ0v) is 23.3. The molecule has 4 aromatic rings. The summed E-state index contributed by atoms with van der Waals surface area (Å²) >= 11 is 13.3. The molecular formula is C30H28Cl2N8. The lowest BCUT2D eigenvalue weighted by molar-refractivity contribution is 0.260. The van der Waals surface area contributed by atoms with E-state index in [0.717, 1.165) is 24.8 Å². The van der Waals surface area contributed by atoms with Crippen molar-refractivity contribution < 1.29 is 1.37 Å². The van der Waals surface area contributed by atoms with Crippen molar-refractivity contribution in [2.75, 3.05) is 10.6 Å². The van der Waals surface area contributed by atoms with Crippen LogP contribution in [-0.4, -0.2) is 21.0 Å². The van der Waals surface area contributed by atoms with Crippen LogP contribution in [0.25, 0.3) is 10.9 Å². The number of halogens is 2. The maximum Gasteiger partial charge on any atom is 0.134 e. The fourth-order valence-electron chi connectivity index (χ4n) is 4.85. The van der Waals surface area contributed by atoms with Crippen LogP contribution in [0.15, 0.2) is 78.9 Å². The van der Waals surface area contributed by atoms with Crippen LogP contribution >= 0.6 is 23.2 Å². The van der Waals surface area contributed by atoms with Gasteiger partial charge in [-0.3, -0.25) is 9.99 Å². The number of nitriles is 1. The molecule has 0 amide bonds. The second-order valence-electron chi connectivity index (χ2n) is 9.79. The van der Waals surface area contributed by atoms with Crippen LogP contribution in [0.3, 0.4) is 0 Å². The van der Waals surface area contributed by atoms with Crippen molar-refractivity contribution in [3.05, 3.63) is 106 Å². The van der Waals surface area contributed by atoms with Crippen molar-refractivity contribution in [3.8, 4) is 6.07 Å². The first-order valence-electron chi connectivity index (χ1n) is 13.7. The van der Waals surface area contributed by atoms with Crippen LogP contribution in [0.5, 0.6) is 0 Å². The third-order valence-corrected chi connectivity index (χ3v) is 7.66. The van der Waals surface area contributed by atoms with Crippen LogP contribution in [0.1, 0.15) is 56.3 Å². The molecule has 0 bridgehead atoms. The first-order valence-corrected chi connectivity index (χ1v) is 13.9. The molecule has 1 unspecified atom stereocenters. The molecule has 2 aliphatic rings. The number of pyridine rings is 2. The number of hydrogen-bond acceptors (Lipinski definition) is 8. The number of nitrogens with zero attached hydrogens (tertiary/aromatic N) is 4. The standard InChI is InChI=1S/C30H28Cl2N8/c1-2-25(18-7-4-3-5-8-18)37-27-19(15-33)16-35-28-23(27)13-20(14-24(28)31)36-29(22-9-6-12-34-30(22)32)26-17-40(39-38-26)21-10-11-21/h3-9,12-14,16-17,21,25,29,36,38-39H,2,10-11H2,1H3,(H,35,37)/t25-,29?/m1/s1/i29D. The summed E-state index contributed by atoms with van der Waals surface area (Å²) in [6.45, 7) is 2.09. The molecule has 0 radical (unpaired) electrons. The molecular weight excluding hydrogens is 543 g/mol. The van der Waals surface area contributed by atoms with Crippen LogP contribution in [0.4, 0.5) is 11.4 Å². The summed E-state index contributed by atoms with van der Waals surface area (Å²) in [7, 11) is 0. The van der Waals surface area contributed by atoms with Gasteiger partial charge in [-0.05, 0) is 43.0 Å². The third-order valence-electron chi connectivity index (χ3n) is 7.07. The monoisotopic (exact) mass is 571 g/mol. The first-order chi connectivity index (χ1) is 19.9. The van der Waals surface area contributed by atoms with Gasteiger partial charge in [0.1, 0.15) is 11.2 Å². The Morgan fingerprint density at radius 3 is 2.70 bits per heavy atom.